The Balaban J connectivity index is 4.82. The smallest absolute Gasteiger partial charge is 0.319 e. The van der Waals surface area contributed by atoms with Gasteiger partial charge >= 0.3 is 5.97 Å². The molecule has 0 aliphatic rings. The molecule has 0 aromatic heterocycles. The minimum Gasteiger partial charge on any atom is -0.465 e. The summed E-state index contributed by atoms with van der Waals surface area (Å²) < 4.78 is 4.95. The first-order valence-electron chi connectivity index (χ1n) is 5.23. The zero-order chi connectivity index (χ0) is 11.2. The molecule has 1 atom stereocenters. The second kappa shape index (κ2) is 5.78. The van der Waals surface area contributed by atoms with Gasteiger partial charge in [-0.2, -0.15) is 0 Å². The molecule has 0 saturated heterocycles. The lowest BCUT2D eigenvalue weighted by atomic mass is 9.77. The molecule has 0 aromatic carbocycles. The Bertz CT molecular complexity index is 211. The van der Waals surface area contributed by atoms with Gasteiger partial charge in [-0.05, 0) is 26.7 Å². The molecule has 0 amide bonds. The summed E-state index contributed by atoms with van der Waals surface area (Å²) in [5.41, 5.74) is -0.898. The highest BCUT2D eigenvalue weighted by atomic mass is 16.5. The highest BCUT2D eigenvalue weighted by Gasteiger charge is 2.41. The van der Waals surface area contributed by atoms with Crippen molar-refractivity contribution in [1.82, 2.24) is 0 Å². The van der Waals surface area contributed by atoms with Crippen LogP contribution in [0.2, 0.25) is 0 Å². The molecule has 82 valence electrons. The Morgan fingerprint density at radius 1 is 1.21 bits per heavy atom. The molecule has 0 aromatic rings. The van der Waals surface area contributed by atoms with Gasteiger partial charge in [0.2, 0.25) is 0 Å². The summed E-state index contributed by atoms with van der Waals surface area (Å²) in [5, 5.41) is 0. The lowest BCUT2D eigenvalue weighted by Gasteiger charge is -2.26. The molecular formula is C11H20O3. The van der Waals surface area contributed by atoms with E-state index in [1.54, 1.807) is 6.92 Å². The molecule has 0 radical (unpaired) electrons. The first kappa shape index (κ1) is 13.1. The number of ether oxygens (including phenoxy) is 1. The van der Waals surface area contributed by atoms with Gasteiger partial charge in [0.15, 0.2) is 0 Å². The zero-order valence-electron chi connectivity index (χ0n) is 9.55. The molecule has 0 N–H and O–H groups in total. The number of hydrogen-bond donors (Lipinski definition) is 0. The summed E-state index contributed by atoms with van der Waals surface area (Å²) in [7, 11) is 0. The molecule has 0 aliphatic carbocycles. The Kier molecular flexibility index (Phi) is 5.43. The van der Waals surface area contributed by atoms with Crippen LogP contribution in [-0.4, -0.2) is 18.4 Å². The minimum atomic E-state index is -0.898. The molecule has 3 nitrogen and oxygen atoms in total. The monoisotopic (exact) mass is 200 g/mol. The van der Waals surface area contributed by atoms with Gasteiger partial charge in [-0.1, -0.05) is 20.3 Å². The Hall–Kier alpha value is -0.860. The van der Waals surface area contributed by atoms with Crippen LogP contribution in [0.1, 0.15) is 47.0 Å². The molecule has 14 heavy (non-hydrogen) atoms. The molecule has 0 fully saturated rings. The van der Waals surface area contributed by atoms with Crippen LogP contribution in [0.4, 0.5) is 0 Å². The zero-order valence-corrected chi connectivity index (χ0v) is 9.55. The van der Waals surface area contributed by atoms with Crippen molar-refractivity contribution < 1.29 is 14.3 Å². The van der Waals surface area contributed by atoms with Gasteiger partial charge in [0, 0.05) is 0 Å². The first-order chi connectivity index (χ1) is 6.55. The van der Waals surface area contributed by atoms with Gasteiger partial charge in [-0.25, -0.2) is 0 Å². The summed E-state index contributed by atoms with van der Waals surface area (Å²) >= 11 is 0. The van der Waals surface area contributed by atoms with Gasteiger partial charge in [0.25, 0.3) is 0 Å². The third kappa shape index (κ3) is 2.56. The predicted octanol–water partition coefficient (Wildman–Crippen LogP) is 2.33. The number of ketones is 1. The van der Waals surface area contributed by atoms with E-state index in [0.717, 1.165) is 6.42 Å². The standard InChI is InChI=1S/C11H20O3/c1-5-8-11(6-2,9(4)12)10(13)14-7-3/h5-8H2,1-4H3/t11-/m0/s1. The Labute approximate surface area is 85.8 Å². The fraction of sp³-hybridized carbons (Fsp3) is 0.818. The second-order valence-electron chi connectivity index (χ2n) is 3.46. The number of rotatable bonds is 6. The van der Waals surface area contributed by atoms with E-state index in [0.29, 0.717) is 19.4 Å². The second-order valence-corrected chi connectivity index (χ2v) is 3.46. The van der Waals surface area contributed by atoms with E-state index < -0.39 is 5.41 Å². The Morgan fingerprint density at radius 3 is 2.07 bits per heavy atom. The maximum absolute atomic E-state index is 11.7. The number of carbonyl (C=O) groups excluding carboxylic acids is 2. The highest BCUT2D eigenvalue weighted by molar-refractivity contribution is 6.02. The van der Waals surface area contributed by atoms with Gasteiger partial charge in [-0.3, -0.25) is 9.59 Å². The van der Waals surface area contributed by atoms with Crippen molar-refractivity contribution >= 4 is 11.8 Å². The average Bonchev–Trinajstić information content (AvgIpc) is 2.14. The van der Waals surface area contributed by atoms with Crippen molar-refractivity contribution in [2.24, 2.45) is 5.41 Å². The molecule has 3 heteroatoms. The van der Waals surface area contributed by atoms with Gasteiger partial charge in [0.05, 0.1) is 6.61 Å². The van der Waals surface area contributed by atoms with Gasteiger partial charge < -0.3 is 4.74 Å². The van der Waals surface area contributed by atoms with Crippen LogP contribution >= 0.6 is 0 Å². The van der Waals surface area contributed by atoms with E-state index in [2.05, 4.69) is 0 Å². The summed E-state index contributed by atoms with van der Waals surface area (Å²) in [6, 6.07) is 0. The highest BCUT2D eigenvalue weighted by Crippen LogP contribution is 2.30. The van der Waals surface area contributed by atoms with E-state index >= 15 is 0 Å². The third-order valence-electron chi connectivity index (χ3n) is 2.62. The van der Waals surface area contributed by atoms with E-state index in [4.69, 9.17) is 4.74 Å². The summed E-state index contributed by atoms with van der Waals surface area (Å²) in [4.78, 5) is 23.2. The molecule has 0 bridgehead atoms. The van der Waals surface area contributed by atoms with Crippen molar-refractivity contribution in [3.63, 3.8) is 0 Å². The molecule has 0 saturated carbocycles. The van der Waals surface area contributed by atoms with Gasteiger partial charge in [0.1, 0.15) is 11.2 Å². The summed E-state index contributed by atoms with van der Waals surface area (Å²) in [6.45, 7) is 7.37. The lowest BCUT2D eigenvalue weighted by Crippen LogP contribution is -2.38. The summed E-state index contributed by atoms with van der Waals surface area (Å²) in [6.07, 6.45) is 1.92. The van der Waals surface area contributed by atoms with Crippen LogP contribution in [0, 0.1) is 5.41 Å². The van der Waals surface area contributed by atoms with E-state index in [1.807, 2.05) is 13.8 Å². The van der Waals surface area contributed by atoms with Crippen LogP contribution in [0.3, 0.4) is 0 Å². The van der Waals surface area contributed by atoms with Crippen molar-refractivity contribution in [3.05, 3.63) is 0 Å². The predicted molar refractivity (Wildman–Crippen MR) is 54.9 cm³/mol. The van der Waals surface area contributed by atoms with E-state index in [-0.39, 0.29) is 11.8 Å². The SMILES string of the molecule is CCC[C@@](CC)(C(C)=O)C(=O)OCC. The topological polar surface area (TPSA) is 43.4 Å². The minimum absolute atomic E-state index is 0.0831. The number of Topliss-reactive ketones (excluding diaryl/α,β-unsaturated/α-hetero) is 1. The number of esters is 1. The Morgan fingerprint density at radius 2 is 1.79 bits per heavy atom. The van der Waals surface area contributed by atoms with Crippen LogP contribution < -0.4 is 0 Å². The van der Waals surface area contributed by atoms with E-state index in [1.165, 1.54) is 6.92 Å². The number of carbonyl (C=O) groups is 2. The fourth-order valence-corrected chi connectivity index (χ4v) is 1.69. The molecule has 0 aliphatic heterocycles. The first-order valence-corrected chi connectivity index (χ1v) is 5.23. The van der Waals surface area contributed by atoms with Crippen molar-refractivity contribution in [2.45, 2.75) is 47.0 Å². The maximum Gasteiger partial charge on any atom is 0.319 e. The molecule has 0 spiro atoms. The molecule has 0 rings (SSSR count). The quantitative estimate of drug-likeness (QED) is 0.488. The van der Waals surface area contributed by atoms with Crippen LogP contribution in [0.25, 0.3) is 0 Å². The largest absolute Gasteiger partial charge is 0.465 e. The average molecular weight is 200 g/mol. The van der Waals surface area contributed by atoms with E-state index in [9.17, 15) is 9.59 Å². The third-order valence-corrected chi connectivity index (χ3v) is 2.62. The van der Waals surface area contributed by atoms with Crippen molar-refractivity contribution in [2.75, 3.05) is 6.61 Å². The maximum atomic E-state index is 11.7. The fourth-order valence-electron chi connectivity index (χ4n) is 1.69. The van der Waals surface area contributed by atoms with Crippen LogP contribution in [-0.2, 0) is 14.3 Å². The van der Waals surface area contributed by atoms with Crippen LogP contribution in [0.15, 0.2) is 0 Å². The normalized spacial score (nSPS) is 14.6. The molecule has 0 unspecified atom stereocenters. The lowest BCUT2D eigenvalue weighted by molar-refractivity contribution is -0.160. The van der Waals surface area contributed by atoms with Gasteiger partial charge in [-0.15, -0.1) is 0 Å². The summed E-state index contributed by atoms with van der Waals surface area (Å²) in [5.74, 6) is -0.447. The van der Waals surface area contributed by atoms with Crippen molar-refractivity contribution in [1.29, 1.82) is 0 Å². The molecular weight excluding hydrogens is 180 g/mol. The number of hydrogen-bond acceptors (Lipinski definition) is 3. The van der Waals surface area contributed by atoms with Crippen LogP contribution in [0.5, 0.6) is 0 Å². The van der Waals surface area contributed by atoms with Crippen molar-refractivity contribution in [3.8, 4) is 0 Å². The molecule has 0 heterocycles.